The van der Waals surface area contributed by atoms with E-state index in [-0.39, 0.29) is 11.5 Å². The lowest BCUT2D eigenvalue weighted by Crippen LogP contribution is -2.25. The second kappa shape index (κ2) is 5.29. The van der Waals surface area contributed by atoms with Crippen LogP contribution < -0.4 is 5.56 Å². The van der Waals surface area contributed by atoms with Gasteiger partial charge in [-0.2, -0.15) is 0 Å². The predicted molar refractivity (Wildman–Crippen MR) is 72.9 cm³/mol. The average molecular weight is 346 g/mol. The summed E-state index contributed by atoms with van der Waals surface area (Å²) in [6.45, 7) is 2.42. The van der Waals surface area contributed by atoms with Crippen LogP contribution in [-0.2, 0) is 11.3 Å². The van der Waals surface area contributed by atoms with Crippen molar-refractivity contribution in [3.63, 3.8) is 0 Å². The Bertz CT molecular complexity index is 496. The first-order valence-electron chi connectivity index (χ1n) is 5.84. The largest absolute Gasteiger partial charge is 0.299 e. The molecule has 0 amide bonds. The molecule has 1 heterocycles. The Labute approximate surface area is 114 Å². The Morgan fingerprint density at radius 2 is 2.29 bits per heavy atom. The Morgan fingerprint density at radius 1 is 1.53 bits per heavy atom. The number of ketones is 1. The zero-order valence-electron chi connectivity index (χ0n) is 9.78. The maximum atomic E-state index is 11.9. The third kappa shape index (κ3) is 2.75. The number of Topliss-reactive ketones (excluding diaryl/α,β-unsaturated/α-hetero) is 1. The first-order chi connectivity index (χ1) is 8.09. The van der Waals surface area contributed by atoms with Crippen LogP contribution >= 0.6 is 22.6 Å². The third-order valence-electron chi connectivity index (χ3n) is 3.31. The average Bonchev–Trinajstić information content (AvgIpc) is 2.71. The van der Waals surface area contributed by atoms with Crippen LogP contribution in [0, 0.1) is 16.4 Å². The van der Waals surface area contributed by atoms with Gasteiger partial charge < -0.3 is 0 Å². The number of hydrogen-bond acceptors (Lipinski definition) is 3. The monoisotopic (exact) mass is 346 g/mol. The highest BCUT2D eigenvalue weighted by Crippen LogP contribution is 2.24. The molecule has 17 heavy (non-hydrogen) atoms. The fourth-order valence-electron chi connectivity index (χ4n) is 2.19. The summed E-state index contributed by atoms with van der Waals surface area (Å²) in [5, 5.41) is 0. The van der Waals surface area contributed by atoms with E-state index in [1.165, 1.54) is 0 Å². The van der Waals surface area contributed by atoms with Crippen LogP contribution in [0.5, 0.6) is 0 Å². The number of halogens is 1. The topological polar surface area (TPSA) is 52.0 Å². The lowest BCUT2D eigenvalue weighted by atomic mass is 10.0. The molecule has 1 aromatic heterocycles. The molecule has 1 fully saturated rings. The van der Waals surface area contributed by atoms with E-state index in [0.29, 0.717) is 22.3 Å². The molecule has 0 bridgehead atoms. The van der Waals surface area contributed by atoms with Gasteiger partial charge in [0, 0.05) is 18.9 Å². The Hall–Kier alpha value is -0.720. The van der Waals surface area contributed by atoms with Crippen molar-refractivity contribution < 1.29 is 4.79 Å². The number of rotatable bonds is 3. The van der Waals surface area contributed by atoms with Crippen molar-refractivity contribution in [3.8, 4) is 0 Å². The Balaban J connectivity index is 2.07. The quantitative estimate of drug-likeness (QED) is 0.786. The summed E-state index contributed by atoms with van der Waals surface area (Å²) in [6.07, 6.45) is 5.04. The zero-order valence-corrected chi connectivity index (χ0v) is 11.9. The number of carbonyl (C=O) groups is 1. The molecule has 0 N–H and O–H groups in total. The third-order valence-corrected chi connectivity index (χ3v) is 4.55. The molecule has 1 aliphatic carbocycles. The van der Waals surface area contributed by atoms with E-state index in [4.69, 9.17) is 0 Å². The first kappa shape index (κ1) is 12.7. The van der Waals surface area contributed by atoms with Crippen molar-refractivity contribution in [2.24, 2.45) is 5.92 Å². The van der Waals surface area contributed by atoms with E-state index in [0.717, 1.165) is 25.0 Å². The molecule has 1 aromatic rings. The maximum Gasteiger partial charge on any atom is 0.266 e. The van der Waals surface area contributed by atoms with Crippen LogP contribution in [-0.4, -0.2) is 15.3 Å². The molecule has 92 valence electrons. The smallest absolute Gasteiger partial charge is 0.266 e. The molecule has 5 heteroatoms. The van der Waals surface area contributed by atoms with E-state index in [1.807, 2.05) is 29.5 Å². The second-order valence-corrected chi connectivity index (χ2v) is 5.57. The van der Waals surface area contributed by atoms with Gasteiger partial charge in [-0.15, -0.1) is 0 Å². The standard InChI is InChI=1S/C12H15IN2O2/c1-8-11(13)12(17)15(7-14-8)6-5-9-3-2-4-10(9)16/h7,9H,2-6H2,1H3. The van der Waals surface area contributed by atoms with Gasteiger partial charge in [-0.1, -0.05) is 0 Å². The molecule has 0 aliphatic heterocycles. The van der Waals surface area contributed by atoms with Crippen LogP contribution in [0.4, 0.5) is 0 Å². The maximum absolute atomic E-state index is 11.9. The van der Waals surface area contributed by atoms with E-state index in [9.17, 15) is 9.59 Å². The van der Waals surface area contributed by atoms with Gasteiger partial charge in [-0.25, -0.2) is 4.98 Å². The van der Waals surface area contributed by atoms with Gasteiger partial charge in [0.05, 0.1) is 15.6 Å². The summed E-state index contributed by atoms with van der Waals surface area (Å²) in [7, 11) is 0. The summed E-state index contributed by atoms with van der Waals surface area (Å²) in [6, 6.07) is 0. The number of nitrogens with zero attached hydrogens (tertiary/aromatic N) is 2. The molecule has 0 radical (unpaired) electrons. The van der Waals surface area contributed by atoms with E-state index < -0.39 is 0 Å². The van der Waals surface area contributed by atoms with Crippen molar-refractivity contribution >= 4 is 28.4 Å². The van der Waals surface area contributed by atoms with Gasteiger partial charge >= 0.3 is 0 Å². The van der Waals surface area contributed by atoms with Gasteiger partial charge in [-0.3, -0.25) is 14.2 Å². The fraction of sp³-hybridized carbons (Fsp3) is 0.583. The number of aromatic nitrogens is 2. The molecule has 1 unspecified atom stereocenters. The molecular weight excluding hydrogens is 331 g/mol. The van der Waals surface area contributed by atoms with Crippen LogP contribution in [0.2, 0.25) is 0 Å². The predicted octanol–water partition coefficient (Wildman–Crippen LogP) is 1.92. The molecule has 0 saturated heterocycles. The molecule has 4 nitrogen and oxygen atoms in total. The van der Waals surface area contributed by atoms with Gasteiger partial charge in [0.25, 0.3) is 5.56 Å². The highest BCUT2D eigenvalue weighted by molar-refractivity contribution is 14.1. The molecule has 2 rings (SSSR count). The lowest BCUT2D eigenvalue weighted by Gasteiger charge is -2.10. The van der Waals surface area contributed by atoms with Crippen LogP contribution in [0.1, 0.15) is 31.4 Å². The molecule has 1 atom stereocenters. The second-order valence-electron chi connectivity index (χ2n) is 4.49. The van der Waals surface area contributed by atoms with E-state index in [2.05, 4.69) is 4.98 Å². The molecule has 0 spiro atoms. The van der Waals surface area contributed by atoms with Crippen LogP contribution in [0.3, 0.4) is 0 Å². The van der Waals surface area contributed by atoms with E-state index >= 15 is 0 Å². The van der Waals surface area contributed by atoms with Crippen LogP contribution in [0.15, 0.2) is 11.1 Å². The minimum absolute atomic E-state index is 0.00328. The molecule has 0 aromatic carbocycles. The van der Waals surface area contributed by atoms with Crippen molar-refractivity contribution in [1.82, 2.24) is 9.55 Å². The minimum Gasteiger partial charge on any atom is -0.299 e. The van der Waals surface area contributed by atoms with E-state index in [1.54, 1.807) is 10.9 Å². The minimum atomic E-state index is 0.00328. The van der Waals surface area contributed by atoms with Crippen molar-refractivity contribution in [2.45, 2.75) is 39.2 Å². The zero-order chi connectivity index (χ0) is 12.4. The molecule has 1 aliphatic rings. The number of carbonyl (C=O) groups excluding carboxylic acids is 1. The summed E-state index contributed by atoms with van der Waals surface area (Å²) >= 11 is 2.02. The van der Waals surface area contributed by atoms with Gasteiger partial charge in [0.15, 0.2) is 0 Å². The Morgan fingerprint density at radius 3 is 2.94 bits per heavy atom. The van der Waals surface area contributed by atoms with Gasteiger partial charge in [0.1, 0.15) is 5.78 Å². The lowest BCUT2D eigenvalue weighted by molar-refractivity contribution is -0.120. The highest BCUT2D eigenvalue weighted by atomic mass is 127. The molecule has 1 saturated carbocycles. The Kier molecular flexibility index (Phi) is 3.96. The SMILES string of the molecule is Cc1ncn(CCC2CCCC2=O)c(=O)c1I. The van der Waals surface area contributed by atoms with Crippen molar-refractivity contribution in [3.05, 3.63) is 25.9 Å². The summed E-state index contributed by atoms with van der Waals surface area (Å²) in [4.78, 5) is 27.6. The van der Waals surface area contributed by atoms with Crippen LogP contribution in [0.25, 0.3) is 0 Å². The van der Waals surface area contributed by atoms with Gasteiger partial charge in [-0.05, 0) is 48.8 Å². The summed E-state index contributed by atoms with van der Waals surface area (Å²) in [5.74, 6) is 0.508. The van der Waals surface area contributed by atoms with Gasteiger partial charge in [0.2, 0.25) is 0 Å². The van der Waals surface area contributed by atoms with Crippen molar-refractivity contribution in [2.75, 3.05) is 0 Å². The normalized spacial score (nSPS) is 19.9. The number of hydrogen-bond donors (Lipinski definition) is 0. The summed E-state index contributed by atoms with van der Waals surface area (Å²) in [5.41, 5.74) is 0.771. The summed E-state index contributed by atoms with van der Waals surface area (Å²) < 4.78 is 2.28. The number of aryl methyl sites for hydroxylation is 2. The fourth-order valence-corrected chi connectivity index (χ4v) is 2.64. The molecular formula is C12H15IN2O2. The highest BCUT2D eigenvalue weighted by Gasteiger charge is 2.23. The first-order valence-corrected chi connectivity index (χ1v) is 6.91. The van der Waals surface area contributed by atoms with Crippen molar-refractivity contribution in [1.29, 1.82) is 0 Å².